The molecule has 0 heterocycles. The van der Waals surface area contributed by atoms with Crippen LogP contribution in [0.15, 0.2) is 12.7 Å². The van der Waals surface area contributed by atoms with Crippen LogP contribution in [0.3, 0.4) is 0 Å². The molecule has 0 spiro atoms. The van der Waals surface area contributed by atoms with Crippen molar-refractivity contribution in [3.63, 3.8) is 0 Å². The molecule has 0 fully saturated rings. The van der Waals surface area contributed by atoms with E-state index >= 15 is 0 Å². The first-order valence-electron chi connectivity index (χ1n) is 6.10. The van der Waals surface area contributed by atoms with Crippen LogP contribution in [0, 0.1) is 0 Å². The molecule has 0 aliphatic carbocycles. The van der Waals surface area contributed by atoms with E-state index in [0.717, 1.165) is 19.3 Å². The molecular formula is C13H23BrO2. The van der Waals surface area contributed by atoms with Gasteiger partial charge >= 0.3 is 5.97 Å². The summed E-state index contributed by atoms with van der Waals surface area (Å²) in [5.41, 5.74) is 0. The molecule has 0 bridgehead atoms. The Balaban J connectivity index is 3.09. The molecule has 0 aliphatic rings. The van der Waals surface area contributed by atoms with Gasteiger partial charge < -0.3 is 4.74 Å². The smallest absolute Gasteiger partial charge is 0.319 e. The number of hydrogen-bond acceptors (Lipinski definition) is 2. The van der Waals surface area contributed by atoms with Gasteiger partial charge in [-0.3, -0.25) is 4.79 Å². The Kier molecular flexibility index (Phi) is 11.0. The average molecular weight is 291 g/mol. The van der Waals surface area contributed by atoms with E-state index in [4.69, 9.17) is 4.74 Å². The predicted molar refractivity (Wildman–Crippen MR) is 71.9 cm³/mol. The van der Waals surface area contributed by atoms with Crippen molar-refractivity contribution >= 4 is 21.9 Å². The summed E-state index contributed by atoms with van der Waals surface area (Å²) in [5, 5.41) is 0. The van der Waals surface area contributed by atoms with Crippen molar-refractivity contribution in [2.45, 2.75) is 56.7 Å². The Bertz CT molecular complexity index is 190. The molecule has 0 radical (unpaired) electrons. The first-order valence-corrected chi connectivity index (χ1v) is 7.01. The summed E-state index contributed by atoms with van der Waals surface area (Å²) in [5.74, 6) is -0.161. The van der Waals surface area contributed by atoms with Crippen molar-refractivity contribution in [2.75, 3.05) is 6.61 Å². The fraction of sp³-hybridized carbons (Fsp3) is 0.769. The molecule has 0 aliphatic heterocycles. The summed E-state index contributed by atoms with van der Waals surface area (Å²) >= 11 is 3.18. The minimum Gasteiger partial charge on any atom is -0.465 e. The maximum Gasteiger partial charge on any atom is 0.319 e. The summed E-state index contributed by atoms with van der Waals surface area (Å²) in [4.78, 5) is 10.9. The number of hydrogen-bond donors (Lipinski definition) is 0. The second kappa shape index (κ2) is 11.2. The van der Waals surface area contributed by atoms with E-state index in [0.29, 0.717) is 6.61 Å². The molecule has 1 unspecified atom stereocenters. The van der Waals surface area contributed by atoms with Crippen LogP contribution < -0.4 is 0 Å². The van der Waals surface area contributed by atoms with Crippen LogP contribution in [0.1, 0.15) is 51.9 Å². The van der Waals surface area contributed by atoms with Gasteiger partial charge in [0, 0.05) is 0 Å². The van der Waals surface area contributed by atoms with E-state index < -0.39 is 0 Å². The van der Waals surface area contributed by atoms with E-state index in [1.807, 2.05) is 6.08 Å². The van der Waals surface area contributed by atoms with Crippen LogP contribution >= 0.6 is 15.9 Å². The van der Waals surface area contributed by atoms with Crippen LogP contribution in [0.2, 0.25) is 0 Å². The maximum absolute atomic E-state index is 11.1. The van der Waals surface area contributed by atoms with E-state index in [2.05, 4.69) is 22.5 Å². The molecule has 3 heteroatoms. The number of ether oxygens (including phenoxy) is 1. The summed E-state index contributed by atoms with van der Waals surface area (Å²) in [7, 11) is 0. The van der Waals surface area contributed by atoms with Crippen molar-refractivity contribution < 1.29 is 9.53 Å². The van der Waals surface area contributed by atoms with Gasteiger partial charge in [0.25, 0.3) is 0 Å². The molecule has 0 amide bonds. The van der Waals surface area contributed by atoms with Gasteiger partial charge in [0.15, 0.2) is 0 Å². The van der Waals surface area contributed by atoms with Crippen LogP contribution in [0.25, 0.3) is 0 Å². The lowest BCUT2D eigenvalue weighted by Gasteiger charge is -2.05. The number of alkyl halides is 1. The lowest BCUT2D eigenvalue weighted by Crippen LogP contribution is -2.14. The molecule has 0 rings (SSSR count). The van der Waals surface area contributed by atoms with Crippen LogP contribution in [0.5, 0.6) is 0 Å². The number of halogens is 1. The van der Waals surface area contributed by atoms with Crippen molar-refractivity contribution in [3.05, 3.63) is 12.7 Å². The molecule has 94 valence electrons. The Morgan fingerprint density at radius 1 is 1.25 bits per heavy atom. The van der Waals surface area contributed by atoms with Crippen molar-refractivity contribution in [1.29, 1.82) is 0 Å². The molecule has 0 N–H and O–H groups in total. The van der Waals surface area contributed by atoms with Gasteiger partial charge in [-0.1, -0.05) is 47.7 Å². The van der Waals surface area contributed by atoms with Gasteiger partial charge in [-0.2, -0.15) is 0 Å². The zero-order chi connectivity index (χ0) is 12.2. The van der Waals surface area contributed by atoms with Gasteiger partial charge in [-0.05, 0) is 26.2 Å². The number of carbonyl (C=O) groups excluding carboxylic acids is 1. The Morgan fingerprint density at radius 3 is 2.38 bits per heavy atom. The SMILES string of the molecule is C=CCCCCCCCCOC(=O)C(C)Br. The van der Waals surface area contributed by atoms with Crippen molar-refractivity contribution in [1.82, 2.24) is 0 Å². The first kappa shape index (κ1) is 15.7. The summed E-state index contributed by atoms with van der Waals surface area (Å²) < 4.78 is 5.05. The minimum atomic E-state index is -0.189. The standard InChI is InChI=1S/C13H23BrO2/c1-3-4-5-6-7-8-9-10-11-16-13(15)12(2)14/h3,12H,1,4-11H2,2H3. The van der Waals surface area contributed by atoms with Crippen LogP contribution in [-0.2, 0) is 9.53 Å². The third-order valence-corrected chi connectivity index (χ3v) is 2.75. The van der Waals surface area contributed by atoms with Crippen molar-refractivity contribution in [2.24, 2.45) is 0 Å². The molecule has 1 atom stereocenters. The zero-order valence-electron chi connectivity index (χ0n) is 10.2. The highest BCUT2D eigenvalue weighted by atomic mass is 79.9. The molecule has 16 heavy (non-hydrogen) atoms. The molecule has 0 aromatic carbocycles. The van der Waals surface area contributed by atoms with Gasteiger partial charge in [-0.25, -0.2) is 0 Å². The van der Waals surface area contributed by atoms with Crippen LogP contribution in [0.4, 0.5) is 0 Å². The number of carbonyl (C=O) groups is 1. The lowest BCUT2D eigenvalue weighted by molar-refractivity contribution is -0.142. The van der Waals surface area contributed by atoms with E-state index in [1.165, 1.54) is 25.7 Å². The second-order valence-corrected chi connectivity index (χ2v) is 5.36. The highest BCUT2D eigenvalue weighted by molar-refractivity contribution is 9.10. The quantitative estimate of drug-likeness (QED) is 0.260. The third kappa shape index (κ3) is 10.2. The second-order valence-electron chi connectivity index (χ2n) is 3.98. The van der Waals surface area contributed by atoms with E-state index in [1.54, 1.807) is 6.92 Å². The monoisotopic (exact) mass is 290 g/mol. The molecule has 0 saturated carbocycles. The molecule has 0 aromatic rings. The summed E-state index contributed by atoms with van der Waals surface area (Å²) in [6.45, 7) is 6.03. The van der Waals surface area contributed by atoms with Crippen molar-refractivity contribution in [3.8, 4) is 0 Å². The Morgan fingerprint density at radius 2 is 1.81 bits per heavy atom. The molecular weight excluding hydrogens is 268 g/mol. The van der Waals surface area contributed by atoms with Gasteiger partial charge in [-0.15, -0.1) is 6.58 Å². The Hall–Kier alpha value is -0.310. The number of esters is 1. The number of unbranched alkanes of at least 4 members (excludes halogenated alkanes) is 6. The van der Waals surface area contributed by atoms with E-state index in [-0.39, 0.29) is 10.8 Å². The molecule has 0 saturated heterocycles. The van der Waals surface area contributed by atoms with Gasteiger partial charge in [0.05, 0.1) is 6.61 Å². The topological polar surface area (TPSA) is 26.3 Å². The highest BCUT2D eigenvalue weighted by Gasteiger charge is 2.08. The largest absolute Gasteiger partial charge is 0.465 e. The lowest BCUT2D eigenvalue weighted by atomic mass is 10.1. The number of rotatable bonds is 10. The fourth-order valence-corrected chi connectivity index (χ4v) is 1.52. The van der Waals surface area contributed by atoms with Gasteiger partial charge in [0.1, 0.15) is 4.83 Å². The normalized spacial score (nSPS) is 12.1. The fourth-order valence-electron chi connectivity index (χ4n) is 1.39. The molecule has 0 aromatic heterocycles. The summed E-state index contributed by atoms with van der Waals surface area (Å²) in [6, 6.07) is 0. The Labute approximate surface area is 108 Å². The first-order chi connectivity index (χ1) is 7.68. The third-order valence-electron chi connectivity index (χ3n) is 2.37. The van der Waals surface area contributed by atoms with Crippen LogP contribution in [-0.4, -0.2) is 17.4 Å². The predicted octanol–water partition coefficient (Wildman–Crippen LogP) is 4.23. The number of allylic oxidation sites excluding steroid dienone is 1. The highest BCUT2D eigenvalue weighted by Crippen LogP contribution is 2.08. The minimum absolute atomic E-state index is 0.161. The zero-order valence-corrected chi connectivity index (χ0v) is 11.8. The maximum atomic E-state index is 11.1. The molecule has 2 nitrogen and oxygen atoms in total. The van der Waals surface area contributed by atoms with Gasteiger partial charge in [0.2, 0.25) is 0 Å². The summed E-state index contributed by atoms with van der Waals surface area (Å²) in [6.07, 6.45) is 10.3. The van der Waals surface area contributed by atoms with E-state index in [9.17, 15) is 4.79 Å². The average Bonchev–Trinajstić information content (AvgIpc) is 2.26.